The first kappa shape index (κ1) is 10.8. The van der Waals surface area contributed by atoms with Crippen LogP contribution in [-0.4, -0.2) is 15.1 Å². The number of anilines is 1. The number of nitrogens with zero attached hydrogens (tertiary/aromatic N) is 3. The summed E-state index contributed by atoms with van der Waals surface area (Å²) in [6.45, 7) is 0. The highest BCUT2D eigenvalue weighted by molar-refractivity contribution is 7.14. The highest BCUT2D eigenvalue weighted by Crippen LogP contribution is 2.31. The molecule has 0 saturated carbocycles. The van der Waals surface area contributed by atoms with E-state index in [2.05, 4.69) is 15.1 Å². The molecule has 0 spiro atoms. The second-order valence-electron chi connectivity index (χ2n) is 3.49. The molecule has 3 aromatic heterocycles. The minimum atomic E-state index is -0.412. The van der Waals surface area contributed by atoms with Crippen LogP contribution in [0.2, 0.25) is 0 Å². The molecule has 0 radical (unpaired) electrons. The first-order valence-electron chi connectivity index (χ1n) is 5.03. The van der Waals surface area contributed by atoms with Gasteiger partial charge in [0.15, 0.2) is 0 Å². The molecule has 0 aliphatic carbocycles. The number of aromatic nitrogens is 3. The van der Waals surface area contributed by atoms with Gasteiger partial charge in [-0.1, -0.05) is 5.16 Å². The van der Waals surface area contributed by atoms with Gasteiger partial charge in [-0.2, -0.15) is 4.98 Å². The maximum absolute atomic E-state index is 12.7. The van der Waals surface area contributed by atoms with Crippen LogP contribution in [0.5, 0.6) is 0 Å². The second kappa shape index (κ2) is 4.19. The molecule has 18 heavy (non-hydrogen) atoms. The zero-order valence-corrected chi connectivity index (χ0v) is 9.82. The highest BCUT2D eigenvalue weighted by atomic mass is 32.1. The molecule has 0 fully saturated rings. The lowest BCUT2D eigenvalue weighted by Crippen LogP contribution is -1.87. The summed E-state index contributed by atoms with van der Waals surface area (Å²) in [7, 11) is 0. The van der Waals surface area contributed by atoms with Gasteiger partial charge in [0.05, 0.1) is 11.9 Å². The van der Waals surface area contributed by atoms with Crippen LogP contribution in [0, 0.1) is 5.82 Å². The number of thiophene rings is 1. The normalized spacial score (nSPS) is 10.7. The molecule has 3 heterocycles. The van der Waals surface area contributed by atoms with E-state index in [1.807, 2.05) is 5.38 Å². The summed E-state index contributed by atoms with van der Waals surface area (Å²) in [5.41, 5.74) is 6.79. The Kier molecular flexibility index (Phi) is 2.52. The van der Waals surface area contributed by atoms with Crippen molar-refractivity contribution in [3.8, 4) is 22.3 Å². The van der Waals surface area contributed by atoms with Gasteiger partial charge in [-0.25, -0.2) is 9.37 Å². The van der Waals surface area contributed by atoms with E-state index in [1.165, 1.54) is 23.5 Å². The van der Waals surface area contributed by atoms with Crippen molar-refractivity contribution in [2.24, 2.45) is 0 Å². The van der Waals surface area contributed by atoms with Crippen LogP contribution in [0.25, 0.3) is 22.3 Å². The minimum Gasteiger partial charge on any atom is -0.397 e. The molecule has 5 nitrogen and oxygen atoms in total. The predicted molar refractivity (Wildman–Crippen MR) is 65.2 cm³/mol. The lowest BCUT2D eigenvalue weighted by Gasteiger charge is -1.92. The Morgan fingerprint density at radius 2 is 2.17 bits per heavy atom. The molecule has 90 valence electrons. The maximum atomic E-state index is 12.7. The Bertz CT molecular complexity index is 676. The molecule has 0 amide bonds. The Hall–Kier alpha value is -2.28. The summed E-state index contributed by atoms with van der Waals surface area (Å²) in [6, 6.07) is 4.54. The highest BCUT2D eigenvalue weighted by Gasteiger charge is 2.14. The minimum absolute atomic E-state index is 0.304. The van der Waals surface area contributed by atoms with Crippen LogP contribution in [-0.2, 0) is 0 Å². The van der Waals surface area contributed by atoms with Crippen LogP contribution in [0.3, 0.4) is 0 Å². The van der Waals surface area contributed by atoms with Crippen LogP contribution < -0.4 is 5.73 Å². The van der Waals surface area contributed by atoms with Gasteiger partial charge < -0.3 is 10.3 Å². The van der Waals surface area contributed by atoms with Crippen molar-refractivity contribution in [3.63, 3.8) is 0 Å². The Morgan fingerprint density at radius 1 is 1.28 bits per heavy atom. The van der Waals surface area contributed by atoms with Gasteiger partial charge >= 0.3 is 0 Å². The summed E-state index contributed by atoms with van der Waals surface area (Å²) >= 11 is 1.41. The van der Waals surface area contributed by atoms with E-state index in [0.717, 1.165) is 11.1 Å². The maximum Gasteiger partial charge on any atom is 0.270 e. The van der Waals surface area contributed by atoms with Crippen molar-refractivity contribution in [1.82, 2.24) is 15.1 Å². The van der Waals surface area contributed by atoms with E-state index in [9.17, 15) is 4.39 Å². The molecule has 0 unspecified atom stereocenters. The summed E-state index contributed by atoms with van der Waals surface area (Å²) in [6.07, 6.45) is 1.10. The van der Waals surface area contributed by atoms with Gasteiger partial charge in [-0.15, -0.1) is 11.3 Å². The van der Waals surface area contributed by atoms with Gasteiger partial charge in [0, 0.05) is 0 Å². The van der Waals surface area contributed by atoms with Gasteiger partial charge in [-0.05, 0) is 23.6 Å². The number of nitrogen functional groups attached to an aromatic ring is 1. The Labute approximate surface area is 105 Å². The fraction of sp³-hybridized carbons (Fsp3) is 0. The van der Waals surface area contributed by atoms with Crippen LogP contribution in [0.1, 0.15) is 0 Å². The number of nitrogens with two attached hydrogens (primary N) is 1. The van der Waals surface area contributed by atoms with Crippen molar-refractivity contribution in [3.05, 3.63) is 35.6 Å². The molecule has 0 saturated heterocycles. The third-order valence-electron chi connectivity index (χ3n) is 2.27. The van der Waals surface area contributed by atoms with E-state index in [-0.39, 0.29) is 0 Å². The van der Waals surface area contributed by atoms with Gasteiger partial charge in [0.2, 0.25) is 5.82 Å². The molecule has 0 aliphatic heterocycles. The molecule has 2 N–H and O–H groups in total. The SMILES string of the molecule is Nc1ccsc1-c1nc(-c2ccc(F)cn2)no1. The number of hydrogen-bond acceptors (Lipinski definition) is 6. The molecule has 0 aliphatic rings. The van der Waals surface area contributed by atoms with Crippen LogP contribution in [0.15, 0.2) is 34.3 Å². The average Bonchev–Trinajstić information content (AvgIpc) is 2.98. The number of rotatable bonds is 2. The number of hydrogen-bond donors (Lipinski definition) is 1. The first-order chi connectivity index (χ1) is 8.74. The third-order valence-corrected chi connectivity index (χ3v) is 3.19. The van der Waals surface area contributed by atoms with E-state index >= 15 is 0 Å². The predicted octanol–water partition coefficient (Wildman–Crippen LogP) is 2.58. The van der Waals surface area contributed by atoms with E-state index in [1.54, 1.807) is 6.07 Å². The van der Waals surface area contributed by atoms with Crippen molar-refractivity contribution >= 4 is 17.0 Å². The second-order valence-corrected chi connectivity index (χ2v) is 4.41. The van der Waals surface area contributed by atoms with Crippen LogP contribution >= 0.6 is 11.3 Å². The molecule has 3 rings (SSSR count). The van der Waals surface area contributed by atoms with Crippen molar-refractivity contribution in [1.29, 1.82) is 0 Å². The standard InChI is InChI=1S/C11H7FN4OS/c12-6-1-2-8(14-5-6)10-15-11(17-16-10)9-7(13)3-4-18-9/h1-5H,13H2. The van der Waals surface area contributed by atoms with Crippen molar-refractivity contribution < 1.29 is 8.91 Å². The zero-order chi connectivity index (χ0) is 12.5. The smallest absolute Gasteiger partial charge is 0.270 e. The van der Waals surface area contributed by atoms with E-state index in [4.69, 9.17) is 10.3 Å². The lowest BCUT2D eigenvalue weighted by molar-refractivity contribution is 0.433. The van der Waals surface area contributed by atoms with Gasteiger partial charge in [0.1, 0.15) is 16.4 Å². The van der Waals surface area contributed by atoms with Gasteiger partial charge in [-0.3, -0.25) is 0 Å². The zero-order valence-electron chi connectivity index (χ0n) is 9.00. The summed E-state index contributed by atoms with van der Waals surface area (Å²) < 4.78 is 17.9. The quantitative estimate of drug-likeness (QED) is 0.768. The Morgan fingerprint density at radius 3 is 2.83 bits per heavy atom. The van der Waals surface area contributed by atoms with Crippen LogP contribution in [0.4, 0.5) is 10.1 Å². The fourth-order valence-electron chi connectivity index (χ4n) is 1.42. The third kappa shape index (κ3) is 1.84. The molecule has 0 bridgehead atoms. The largest absolute Gasteiger partial charge is 0.397 e. The van der Waals surface area contributed by atoms with Crippen molar-refractivity contribution in [2.45, 2.75) is 0 Å². The lowest BCUT2D eigenvalue weighted by atomic mass is 10.3. The van der Waals surface area contributed by atoms with Crippen molar-refractivity contribution in [2.75, 3.05) is 5.73 Å². The molecule has 0 aromatic carbocycles. The molecule has 0 atom stereocenters. The summed E-state index contributed by atoms with van der Waals surface area (Å²) in [5.74, 6) is 0.228. The topological polar surface area (TPSA) is 77.8 Å². The fourth-order valence-corrected chi connectivity index (χ4v) is 2.16. The molecule has 3 aromatic rings. The molecular weight excluding hydrogens is 255 g/mol. The van der Waals surface area contributed by atoms with E-state index in [0.29, 0.717) is 23.1 Å². The average molecular weight is 262 g/mol. The summed E-state index contributed by atoms with van der Waals surface area (Å²) in [5, 5.41) is 5.63. The number of halogens is 1. The van der Waals surface area contributed by atoms with E-state index < -0.39 is 5.82 Å². The summed E-state index contributed by atoms with van der Waals surface area (Å²) in [4.78, 5) is 8.78. The molecule has 7 heteroatoms. The van der Waals surface area contributed by atoms with Gasteiger partial charge in [0.25, 0.3) is 5.89 Å². The molecular formula is C11H7FN4OS. The first-order valence-corrected chi connectivity index (χ1v) is 5.91. The Balaban J connectivity index is 1.99. The number of pyridine rings is 1. The monoisotopic (exact) mass is 262 g/mol.